The van der Waals surface area contributed by atoms with Crippen LogP contribution in [-0.2, 0) is 7.05 Å². The fourth-order valence-corrected chi connectivity index (χ4v) is 1.99. The van der Waals surface area contributed by atoms with E-state index in [9.17, 15) is 5.11 Å². The molecular weight excluding hydrogens is 248 g/mol. The number of fused-ring (bicyclic) bond motifs is 1. The molecule has 6 heteroatoms. The van der Waals surface area contributed by atoms with Gasteiger partial charge in [-0.15, -0.1) is 0 Å². The Morgan fingerprint density at radius 3 is 3.00 bits per heavy atom. The van der Waals surface area contributed by atoms with Gasteiger partial charge < -0.3 is 10.1 Å². The average Bonchev–Trinajstić information content (AvgIpc) is 2.91. The first kappa shape index (κ1) is 10.9. The molecule has 5 nitrogen and oxygen atoms in total. The van der Waals surface area contributed by atoms with E-state index in [1.807, 2.05) is 24.3 Å². The van der Waals surface area contributed by atoms with Gasteiger partial charge >= 0.3 is 0 Å². The topological polar surface area (TPSA) is 65.7 Å². The molecule has 0 unspecified atom stereocenters. The van der Waals surface area contributed by atoms with Crippen LogP contribution >= 0.6 is 12.2 Å². The maximum absolute atomic E-state index is 9.86. The number of nitrogens with zero attached hydrogens (tertiary/aromatic N) is 3. The Balaban J connectivity index is 2.18. The summed E-state index contributed by atoms with van der Waals surface area (Å²) in [7, 11) is 1.71. The third-order valence-corrected chi connectivity index (χ3v) is 3.18. The van der Waals surface area contributed by atoms with E-state index in [4.69, 9.17) is 12.2 Å². The van der Waals surface area contributed by atoms with Crippen molar-refractivity contribution in [1.29, 1.82) is 0 Å². The van der Waals surface area contributed by atoms with Crippen molar-refractivity contribution in [2.75, 3.05) is 0 Å². The molecule has 2 heterocycles. The number of aromatic nitrogens is 2. The van der Waals surface area contributed by atoms with E-state index in [0.717, 1.165) is 16.3 Å². The molecule has 1 aliphatic heterocycles. The van der Waals surface area contributed by atoms with Crippen molar-refractivity contribution in [1.82, 2.24) is 9.55 Å². The number of hydrogen-bond acceptors (Lipinski definition) is 4. The summed E-state index contributed by atoms with van der Waals surface area (Å²) in [5.41, 5.74) is 1.42. The van der Waals surface area contributed by atoms with Crippen LogP contribution in [0.3, 0.4) is 0 Å². The molecule has 0 saturated carbocycles. The summed E-state index contributed by atoms with van der Waals surface area (Å²) in [5, 5.41) is 11.6. The first-order valence-electron chi connectivity index (χ1n) is 5.35. The second kappa shape index (κ2) is 3.92. The summed E-state index contributed by atoms with van der Waals surface area (Å²) < 4.78 is 2.00. The number of aliphatic imine (C=N–C) groups is 1. The van der Waals surface area contributed by atoms with Gasteiger partial charge in [0.05, 0.1) is 11.0 Å². The molecule has 2 N–H and O–H groups in total. The zero-order chi connectivity index (χ0) is 12.7. The summed E-state index contributed by atoms with van der Waals surface area (Å²) in [4.78, 5) is 11.2. The lowest BCUT2D eigenvalue weighted by atomic mass is 10.2. The Labute approximate surface area is 107 Å². The largest absolute Gasteiger partial charge is 0.493 e. The normalized spacial score (nSPS) is 13.7. The quantitative estimate of drug-likeness (QED) is 0.747. The molecule has 0 saturated heterocycles. The standard InChI is InChI=1S/C12H10N4OS/c1-16-11(17)10(15-12(16)18)5-7-2-3-8-9(4-7)14-6-13-8/h2-6,17H,1H3,(H,15,18). The van der Waals surface area contributed by atoms with Crippen molar-refractivity contribution in [2.45, 2.75) is 0 Å². The van der Waals surface area contributed by atoms with Gasteiger partial charge in [0, 0.05) is 7.05 Å². The van der Waals surface area contributed by atoms with Gasteiger partial charge in [-0.25, -0.2) is 9.98 Å². The number of imidazole rings is 1. The number of aromatic amines is 1. The second-order valence-electron chi connectivity index (χ2n) is 3.99. The highest BCUT2D eigenvalue weighted by molar-refractivity contribution is 7.71. The van der Waals surface area contributed by atoms with Crippen LogP contribution in [0.2, 0.25) is 0 Å². The Kier molecular flexibility index (Phi) is 2.38. The van der Waals surface area contributed by atoms with Crippen molar-refractivity contribution in [2.24, 2.45) is 17.0 Å². The fourth-order valence-electron chi connectivity index (χ4n) is 1.80. The third kappa shape index (κ3) is 1.67. The molecule has 1 aromatic heterocycles. The van der Waals surface area contributed by atoms with Gasteiger partial charge in [-0.3, -0.25) is 4.57 Å². The number of aromatic hydroxyl groups is 1. The van der Waals surface area contributed by atoms with Crippen LogP contribution in [-0.4, -0.2) is 21.0 Å². The summed E-state index contributed by atoms with van der Waals surface area (Å²) in [6.45, 7) is 0. The Morgan fingerprint density at radius 2 is 2.28 bits per heavy atom. The van der Waals surface area contributed by atoms with Gasteiger partial charge in [0.15, 0.2) is 4.77 Å². The van der Waals surface area contributed by atoms with E-state index >= 15 is 0 Å². The highest BCUT2D eigenvalue weighted by Gasteiger charge is 2.05. The molecular formula is C12H10N4OS. The van der Waals surface area contributed by atoms with E-state index in [1.165, 1.54) is 10.9 Å². The van der Waals surface area contributed by atoms with Crippen LogP contribution < -0.4 is 10.6 Å². The minimum Gasteiger partial charge on any atom is -0.493 e. The molecule has 18 heavy (non-hydrogen) atoms. The summed E-state index contributed by atoms with van der Waals surface area (Å²) in [6, 6.07) is 5.72. The zero-order valence-electron chi connectivity index (χ0n) is 9.58. The molecule has 0 bridgehead atoms. The highest BCUT2D eigenvalue weighted by atomic mass is 32.1. The van der Waals surface area contributed by atoms with Gasteiger partial charge in [0.25, 0.3) is 0 Å². The van der Waals surface area contributed by atoms with Crippen LogP contribution in [0.1, 0.15) is 5.69 Å². The lowest BCUT2D eigenvalue weighted by Gasteiger charge is -1.94. The van der Waals surface area contributed by atoms with Gasteiger partial charge in [-0.1, -0.05) is 6.07 Å². The first-order chi connectivity index (χ1) is 8.65. The maximum Gasteiger partial charge on any atom is 0.217 e. The van der Waals surface area contributed by atoms with Gasteiger partial charge in [0.1, 0.15) is 12.0 Å². The fraction of sp³-hybridized carbons (Fsp3) is 0.0833. The third-order valence-electron chi connectivity index (χ3n) is 2.81. The minimum absolute atomic E-state index is 0.119. The van der Waals surface area contributed by atoms with Gasteiger partial charge in [-0.05, 0) is 35.6 Å². The number of H-pyrrole nitrogens is 1. The van der Waals surface area contributed by atoms with Crippen LogP contribution in [0.15, 0.2) is 28.2 Å². The molecule has 2 aromatic rings. The lowest BCUT2D eigenvalue weighted by Crippen LogP contribution is -2.06. The van der Waals surface area contributed by atoms with Crippen LogP contribution in [0.5, 0.6) is 5.88 Å². The predicted octanol–water partition coefficient (Wildman–Crippen LogP) is 0.910. The van der Waals surface area contributed by atoms with Crippen LogP contribution in [0, 0.1) is 4.77 Å². The van der Waals surface area contributed by atoms with Crippen molar-refractivity contribution >= 4 is 30.3 Å². The average molecular weight is 258 g/mol. The first-order valence-corrected chi connectivity index (χ1v) is 5.76. The van der Waals surface area contributed by atoms with Gasteiger partial charge in [0.2, 0.25) is 5.88 Å². The summed E-state index contributed by atoms with van der Waals surface area (Å²) in [5.74, 6) is 0.119. The van der Waals surface area contributed by atoms with Crippen molar-refractivity contribution in [3.05, 3.63) is 39.2 Å². The van der Waals surface area contributed by atoms with E-state index in [1.54, 1.807) is 7.05 Å². The second-order valence-corrected chi connectivity index (χ2v) is 4.38. The van der Waals surface area contributed by atoms with E-state index in [0.29, 0.717) is 10.5 Å². The van der Waals surface area contributed by atoms with E-state index < -0.39 is 0 Å². The summed E-state index contributed by atoms with van der Waals surface area (Å²) >= 11 is 5.05. The minimum atomic E-state index is 0.119. The molecule has 1 aliphatic rings. The van der Waals surface area contributed by atoms with E-state index in [2.05, 4.69) is 15.0 Å². The van der Waals surface area contributed by atoms with Crippen molar-refractivity contribution in [3.63, 3.8) is 0 Å². The number of nitrogens with one attached hydrogen (secondary N) is 1. The number of hydrogen-bond donors (Lipinski definition) is 2. The summed E-state index contributed by atoms with van der Waals surface area (Å²) in [6.07, 6.45) is 3.35. The lowest BCUT2D eigenvalue weighted by molar-refractivity contribution is 0.430. The van der Waals surface area contributed by atoms with Gasteiger partial charge in [-0.2, -0.15) is 0 Å². The van der Waals surface area contributed by atoms with Crippen molar-refractivity contribution in [3.8, 4) is 5.88 Å². The zero-order valence-corrected chi connectivity index (χ0v) is 10.4. The Bertz CT molecular complexity index is 829. The van der Waals surface area contributed by atoms with Crippen LogP contribution in [0.4, 0.5) is 5.69 Å². The Morgan fingerprint density at radius 1 is 1.44 bits per heavy atom. The molecule has 0 fully saturated rings. The highest BCUT2D eigenvalue weighted by Crippen LogP contribution is 2.15. The van der Waals surface area contributed by atoms with Crippen molar-refractivity contribution < 1.29 is 5.11 Å². The molecule has 0 radical (unpaired) electrons. The molecule has 1 aromatic carbocycles. The van der Waals surface area contributed by atoms with Crippen LogP contribution in [0.25, 0.3) is 6.08 Å². The molecule has 0 atom stereocenters. The molecule has 0 aliphatic carbocycles. The molecule has 90 valence electrons. The SMILES string of the molecule is Cn1c(O)c(C=c2ccc3c(c2)N=CN=3)[nH]c1=S. The number of rotatable bonds is 1. The molecule has 0 amide bonds. The number of benzene rings is 1. The molecule has 0 spiro atoms. The monoisotopic (exact) mass is 258 g/mol. The van der Waals surface area contributed by atoms with E-state index in [-0.39, 0.29) is 5.88 Å². The predicted molar refractivity (Wildman–Crippen MR) is 71.2 cm³/mol. The smallest absolute Gasteiger partial charge is 0.217 e. The maximum atomic E-state index is 9.86. The molecule has 3 rings (SSSR count). The Hall–Kier alpha value is -2.21.